The second-order valence-electron chi connectivity index (χ2n) is 3.69. The van der Waals surface area contributed by atoms with E-state index in [-0.39, 0.29) is 17.9 Å². The fraction of sp³-hybridized carbons (Fsp3) is 0.300. The summed E-state index contributed by atoms with van der Waals surface area (Å²) in [6.07, 6.45) is -0.0411. The number of sulfonamides is 1. The van der Waals surface area contributed by atoms with Crippen LogP contribution in [0.1, 0.15) is 12.0 Å². The highest BCUT2D eigenvalue weighted by atomic mass is 32.2. The van der Waals surface area contributed by atoms with Gasteiger partial charge < -0.3 is 11.5 Å². The standard InChI is InChI=1S/C10H15N3O3S/c1-7-4-8(11)6-9(5-7)17(15,16)13-3-2-10(12)14/h4-6,13H,2-3,11H2,1H3,(H2,12,14). The molecular formula is C10H15N3O3S. The first kappa shape index (κ1) is 13.5. The highest BCUT2D eigenvalue weighted by molar-refractivity contribution is 7.89. The SMILES string of the molecule is Cc1cc(N)cc(S(=O)(=O)NCCC(N)=O)c1. The number of anilines is 1. The van der Waals surface area contributed by atoms with Gasteiger partial charge in [0.2, 0.25) is 15.9 Å². The van der Waals surface area contributed by atoms with E-state index in [1.807, 2.05) is 0 Å². The number of carbonyl (C=O) groups is 1. The lowest BCUT2D eigenvalue weighted by Gasteiger charge is -2.07. The Morgan fingerprint density at radius 3 is 2.53 bits per heavy atom. The fourth-order valence-electron chi connectivity index (χ4n) is 1.32. The lowest BCUT2D eigenvalue weighted by molar-refractivity contribution is -0.117. The third-order valence-electron chi connectivity index (χ3n) is 2.05. The van der Waals surface area contributed by atoms with Crippen LogP contribution in [0.4, 0.5) is 5.69 Å². The van der Waals surface area contributed by atoms with E-state index in [9.17, 15) is 13.2 Å². The molecule has 6 nitrogen and oxygen atoms in total. The summed E-state index contributed by atoms with van der Waals surface area (Å²) >= 11 is 0. The summed E-state index contributed by atoms with van der Waals surface area (Å²) in [5.41, 5.74) is 11.6. The van der Waals surface area contributed by atoms with Gasteiger partial charge in [-0.3, -0.25) is 4.79 Å². The van der Waals surface area contributed by atoms with Crippen molar-refractivity contribution in [1.29, 1.82) is 0 Å². The predicted octanol–water partition coefficient (Wildman–Crippen LogP) is -0.269. The number of nitrogen functional groups attached to an aromatic ring is 1. The molecule has 1 amide bonds. The highest BCUT2D eigenvalue weighted by Crippen LogP contribution is 2.15. The molecule has 0 aliphatic carbocycles. The van der Waals surface area contributed by atoms with Crippen molar-refractivity contribution in [3.63, 3.8) is 0 Å². The van der Waals surface area contributed by atoms with Crippen molar-refractivity contribution in [2.24, 2.45) is 5.73 Å². The molecule has 7 heteroatoms. The second-order valence-corrected chi connectivity index (χ2v) is 5.46. The summed E-state index contributed by atoms with van der Waals surface area (Å²) in [4.78, 5) is 10.6. The fourth-order valence-corrected chi connectivity index (χ4v) is 2.49. The Kier molecular flexibility index (Phi) is 4.08. The van der Waals surface area contributed by atoms with Crippen LogP contribution < -0.4 is 16.2 Å². The molecule has 0 radical (unpaired) electrons. The molecule has 0 aromatic heterocycles. The summed E-state index contributed by atoms with van der Waals surface area (Å²) in [5, 5.41) is 0. The van der Waals surface area contributed by atoms with E-state index in [1.165, 1.54) is 12.1 Å². The average molecular weight is 257 g/mol. The molecule has 1 rings (SSSR count). The number of nitrogens with one attached hydrogen (secondary N) is 1. The monoisotopic (exact) mass is 257 g/mol. The molecule has 5 N–H and O–H groups in total. The van der Waals surface area contributed by atoms with Gasteiger partial charge >= 0.3 is 0 Å². The number of nitrogens with two attached hydrogens (primary N) is 2. The van der Waals surface area contributed by atoms with Crippen LogP contribution in [0.25, 0.3) is 0 Å². The number of amides is 1. The first-order chi connectivity index (χ1) is 7.81. The number of carbonyl (C=O) groups excluding carboxylic acids is 1. The Bertz CT molecular complexity index is 505. The van der Waals surface area contributed by atoms with Crippen LogP contribution in [0.15, 0.2) is 23.1 Å². The molecule has 0 aliphatic heterocycles. The zero-order valence-electron chi connectivity index (χ0n) is 9.43. The number of hydrogen-bond acceptors (Lipinski definition) is 4. The maximum absolute atomic E-state index is 11.8. The molecule has 1 aromatic carbocycles. The Morgan fingerprint density at radius 1 is 1.35 bits per heavy atom. The molecule has 0 saturated heterocycles. The van der Waals surface area contributed by atoms with Gasteiger partial charge in [-0.1, -0.05) is 0 Å². The van der Waals surface area contributed by atoms with Gasteiger partial charge in [-0.05, 0) is 30.7 Å². The maximum Gasteiger partial charge on any atom is 0.240 e. The average Bonchev–Trinajstić information content (AvgIpc) is 2.14. The normalized spacial score (nSPS) is 11.4. The van der Waals surface area contributed by atoms with Crippen LogP contribution >= 0.6 is 0 Å². The van der Waals surface area contributed by atoms with Crippen molar-refractivity contribution >= 4 is 21.6 Å². The van der Waals surface area contributed by atoms with Gasteiger partial charge in [-0.15, -0.1) is 0 Å². The molecule has 0 saturated carbocycles. The predicted molar refractivity (Wildman–Crippen MR) is 64.6 cm³/mol. The first-order valence-electron chi connectivity index (χ1n) is 4.96. The summed E-state index contributed by atoms with van der Waals surface area (Å²) in [7, 11) is -3.64. The molecule has 0 heterocycles. The van der Waals surface area contributed by atoms with E-state index >= 15 is 0 Å². The number of rotatable bonds is 5. The van der Waals surface area contributed by atoms with Crippen LogP contribution in [-0.4, -0.2) is 20.9 Å². The van der Waals surface area contributed by atoms with Gasteiger partial charge in [-0.25, -0.2) is 13.1 Å². The number of primary amides is 1. The summed E-state index contributed by atoms with van der Waals surface area (Å²) in [5.74, 6) is -0.559. The third-order valence-corrected chi connectivity index (χ3v) is 3.49. The smallest absolute Gasteiger partial charge is 0.240 e. The molecule has 0 atom stereocenters. The van der Waals surface area contributed by atoms with Gasteiger partial charge in [0.05, 0.1) is 4.90 Å². The Labute approximate surface area is 100 Å². The van der Waals surface area contributed by atoms with E-state index < -0.39 is 15.9 Å². The van der Waals surface area contributed by atoms with Gasteiger partial charge in [-0.2, -0.15) is 0 Å². The minimum absolute atomic E-state index is 0.0223. The van der Waals surface area contributed by atoms with Crippen molar-refractivity contribution in [1.82, 2.24) is 4.72 Å². The zero-order valence-corrected chi connectivity index (χ0v) is 10.3. The lowest BCUT2D eigenvalue weighted by atomic mass is 10.2. The third kappa shape index (κ3) is 4.04. The Morgan fingerprint density at radius 2 is 2.00 bits per heavy atom. The number of benzene rings is 1. The molecule has 94 valence electrons. The van der Waals surface area contributed by atoms with E-state index in [1.54, 1.807) is 13.0 Å². The molecule has 0 bridgehead atoms. The van der Waals surface area contributed by atoms with Gasteiger partial charge in [0, 0.05) is 18.7 Å². The molecule has 0 fully saturated rings. The molecule has 17 heavy (non-hydrogen) atoms. The van der Waals surface area contributed by atoms with Crippen LogP contribution in [0.3, 0.4) is 0 Å². The maximum atomic E-state index is 11.8. The summed E-state index contributed by atoms with van der Waals surface area (Å²) < 4.78 is 25.9. The summed E-state index contributed by atoms with van der Waals surface area (Å²) in [6, 6.07) is 4.53. The molecule has 0 spiro atoms. The number of hydrogen-bond donors (Lipinski definition) is 3. The van der Waals surface area contributed by atoms with E-state index in [0.717, 1.165) is 5.56 Å². The van der Waals surface area contributed by atoms with E-state index in [0.29, 0.717) is 5.69 Å². The number of aryl methyl sites for hydroxylation is 1. The van der Waals surface area contributed by atoms with Gasteiger partial charge in [0.1, 0.15) is 0 Å². The second kappa shape index (κ2) is 5.15. The van der Waals surface area contributed by atoms with Gasteiger partial charge in [0.15, 0.2) is 0 Å². The van der Waals surface area contributed by atoms with E-state index in [4.69, 9.17) is 11.5 Å². The van der Waals surface area contributed by atoms with Crippen molar-refractivity contribution in [2.45, 2.75) is 18.2 Å². The van der Waals surface area contributed by atoms with E-state index in [2.05, 4.69) is 4.72 Å². The molecule has 1 aromatic rings. The van der Waals surface area contributed by atoms with Gasteiger partial charge in [0.25, 0.3) is 0 Å². The van der Waals surface area contributed by atoms with Crippen molar-refractivity contribution in [3.8, 4) is 0 Å². The Hall–Kier alpha value is -1.60. The molecule has 0 aliphatic rings. The lowest BCUT2D eigenvalue weighted by Crippen LogP contribution is -2.28. The first-order valence-corrected chi connectivity index (χ1v) is 6.45. The van der Waals surface area contributed by atoms with Crippen LogP contribution in [-0.2, 0) is 14.8 Å². The minimum atomic E-state index is -3.64. The zero-order chi connectivity index (χ0) is 13.1. The molecule has 0 unspecified atom stereocenters. The molecular weight excluding hydrogens is 242 g/mol. The van der Waals surface area contributed by atoms with Crippen molar-refractivity contribution in [3.05, 3.63) is 23.8 Å². The quantitative estimate of drug-likeness (QED) is 0.630. The topological polar surface area (TPSA) is 115 Å². The summed E-state index contributed by atoms with van der Waals surface area (Å²) in [6.45, 7) is 1.73. The minimum Gasteiger partial charge on any atom is -0.399 e. The van der Waals surface area contributed by atoms with Crippen molar-refractivity contribution < 1.29 is 13.2 Å². The highest BCUT2D eigenvalue weighted by Gasteiger charge is 2.14. The van der Waals surface area contributed by atoms with Crippen LogP contribution in [0.5, 0.6) is 0 Å². The Balaban J connectivity index is 2.86. The van der Waals surface area contributed by atoms with Crippen LogP contribution in [0, 0.1) is 6.92 Å². The largest absolute Gasteiger partial charge is 0.399 e. The van der Waals surface area contributed by atoms with Crippen LogP contribution in [0.2, 0.25) is 0 Å². The van der Waals surface area contributed by atoms with Crippen molar-refractivity contribution in [2.75, 3.05) is 12.3 Å².